The second-order valence-corrected chi connectivity index (χ2v) is 3.95. The van der Waals surface area contributed by atoms with Crippen LogP contribution >= 0.6 is 15.9 Å². The number of halogens is 1. The number of hydrogen-bond acceptors (Lipinski definition) is 2. The first-order valence-electron chi connectivity index (χ1n) is 4.10. The first-order chi connectivity index (χ1) is 6.18. The Kier molecular flexibility index (Phi) is 2.07. The van der Waals surface area contributed by atoms with E-state index >= 15 is 0 Å². The Labute approximate surface area is 84.9 Å². The maximum atomic E-state index is 11.6. The lowest BCUT2D eigenvalue weighted by atomic mass is 10.2. The lowest BCUT2D eigenvalue weighted by Gasteiger charge is -2.03. The fraction of sp³-hybridized carbons (Fsp3) is 0.333. The molecule has 3 nitrogen and oxygen atoms in total. The summed E-state index contributed by atoms with van der Waals surface area (Å²) in [5.41, 5.74) is 1.57. The third kappa shape index (κ3) is 1.72. The van der Waals surface area contributed by atoms with Crippen LogP contribution < -0.4 is 0 Å². The van der Waals surface area contributed by atoms with Gasteiger partial charge in [-0.3, -0.25) is 9.78 Å². The van der Waals surface area contributed by atoms with Gasteiger partial charge < -0.3 is 4.90 Å². The van der Waals surface area contributed by atoms with Crippen molar-refractivity contribution in [1.29, 1.82) is 0 Å². The highest BCUT2D eigenvalue weighted by Crippen LogP contribution is 2.20. The molecular weight excluding hydrogens is 232 g/mol. The summed E-state index contributed by atoms with van der Waals surface area (Å²) in [6.45, 7) is 3.65. The number of rotatable bonds is 1. The van der Waals surface area contributed by atoms with E-state index < -0.39 is 0 Å². The molecule has 4 heteroatoms. The summed E-state index contributed by atoms with van der Waals surface area (Å²) >= 11 is 3.36. The van der Waals surface area contributed by atoms with E-state index in [2.05, 4.69) is 20.9 Å². The van der Waals surface area contributed by atoms with Crippen LogP contribution in [0.25, 0.3) is 0 Å². The van der Waals surface area contributed by atoms with Gasteiger partial charge in [-0.1, -0.05) is 0 Å². The first kappa shape index (κ1) is 8.69. The van der Waals surface area contributed by atoms with Gasteiger partial charge in [-0.25, -0.2) is 0 Å². The monoisotopic (exact) mass is 240 g/mol. The Morgan fingerprint density at radius 2 is 2.31 bits per heavy atom. The van der Waals surface area contributed by atoms with Crippen LogP contribution in [-0.2, 0) is 0 Å². The van der Waals surface area contributed by atoms with E-state index in [0.29, 0.717) is 5.56 Å². The molecule has 13 heavy (non-hydrogen) atoms. The molecule has 1 amide bonds. The molecule has 0 aliphatic carbocycles. The van der Waals surface area contributed by atoms with Crippen molar-refractivity contribution in [3.8, 4) is 0 Å². The second-order valence-electron chi connectivity index (χ2n) is 3.10. The zero-order chi connectivity index (χ0) is 9.42. The van der Waals surface area contributed by atoms with E-state index in [1.54, 1.807) is 11.1 Å². The molecule has 0 spiro atoms. The quantitative estimate of drug-likeness (QED) is 0.700. The average molecular weight is 241 g/mol. The van der Waals surface area contributed by atoms with E-state index in [1.165, 1.54) is 0 Å². The minimum Gasteiger partial charge on any atom is -0.335 e. The predicted octanol–water partition coefficient (Wildman–Crippen LogP) is 1.61. The maximum Gasteiger partial charge on any atom is 0.256 e. The minimum absolute atomic E-state index is 0.0689. The highest BCUT2D eigenvalue weighted by Gasteiger charge is 2.26. The maximum absolute atomic E-state index is 11.6. The highest BCUT2D eigenvalue weighted by molar-refractivity contribution is 9.10. The number of carbonyl (C=O) groups excluding carboxylic acids is 1. The van der Waals surface area contributed by atoms with Crippen molar-refractivity contribution >= 4 is 21.8 Å². The molecule has 0 saturated carbocycles. The van der Waals surface area contributed by atoms with Crippen molar-refractivity contribution in [1.82, 2.24) is 9.88 Å². The molecule has 2 heterocycles. The molecule has 0 unspecified atom stereocenters. The van der Waals surface area contributed by atoms with E-state index in [0.717, 1.165) is 23.3 Å². The van der Waals surface area contributed by atoms with Crippen LogP contribution in [0.4, 0.5) is 0 Å². The minimum atomic E-state index is 0.0689. The van der Waals surface area contributed by atoms with Crippen LogP contribution in [0.5, 0.6) is 0 Å². The van der Waals surface area contributed by atoms with E-state index in [9.17, 15) is 4.79 Å². The van der Waals surface area contributed by atoms with Gasteiger partial charge in [0.1, 0.15) is 0 Å². The molecule has 0 radical (unpaired) electrons. The normalized spacial score (nSPS) is 14.5. The van der Waals surface area contributed by atoms with E-state index in [4.69, 9.17) is 0 Å². The summed E-state index contributed by atoms with van der Waals surface area (Å²) in [7, 11) is 0. The Morgan fingerprint density at radius 1 is 1.62 bits per heavy atom. The van der Waals surface area contributed by atoms with Crippen LogP contribution in [0.1, 0.15) is 16.1 Å². The van der Waals surface area contributed by atoms with E-state index in [1.807, 2.05) is 13.0 Å². The van der Waals surface area contributed by atoms with Crippen molar-refractivity contribution in [2.45, 2.75) is 6.92 Å². The van der Waals surface area contributed by atoms with Gasteiger partial charge >= 0.3 is 0 Å². The van der Waals surface area contributed by atoms with Gasteiger partial charge in [0, 0.05) is 29.5 Å². The fourth-order valence-corrected chi connectivity index (χ4v) is 1.71. The van der Waals surface area contributed by atoms with Gasteiger partial charge in [0.2, 0.25) is 0 Å². The number of aromatic nitrogens is 1. The van der Waals surface area contributed by atoms with Crippen LogP contribution in [0, 0.1) is 6.92 Å². The van der Waals surface area contributed by atoms with Crippen molar-refractivity contribution < 1.29 is 4.79 Å². The predicted molar refractivity (Wildman–Crippen MR) is 52.6 cm³/mol. The standard InChI is InChI=1S/C9H9BrN2O/c1-6-4-8(10)7(5-11-6)9(13)12-2-3-12/h4-5H,2-3H2,1H3. The average Bonchev–Trinajstić information content (AvgIpc) is 2.85. The highest BCUT2D eigenvalue weighted by atomic mass is 79.9. The van der Waals surface area contributed by atoms with Crippen LogP contribution in [0.15, 0.2) is 16.7 Å². The molecule has 0 N–H and O–H groups in total. The molecular formula is C9H9BrN2O. The third-order valence-electron chi connectivity index (χ3n) is 1.96. The van der Waals surface area contributed by atoms with Gasteiger partial charge in [-0.15, -0.1) is 0 Å². The molecule has 1 aromatic heterocycles. The van der Waals surface area contributed by atoms with Gasteiger partial charge in [-0.2, -0.15) is 0 Å². The molecule has 1 aromatic rings. The second kappa shape index (κ2) is 3.10. The number of nitrogens with zero attached hydrogens (tertiary/aromatic N) is 2. The topological polar surface area (TPSA) is 33.0 Å². The Balaban J connectivity index is 2.33. The fourth-order valence-electron chi connectivity index (χ4n) is 1.11. The zero-order valence-electron chi connectivity index (χ0n) is 7.25. The lowest BCUT2D eigenvalue weighted by molar-refractivity contribution is 0.0884. The summed E-state index contributed by atoms with van der Waals surface area (Å²) in [4.78, 5) is 17.5. The zero-order valence-corrected chi connectivity index (χ0v) is 8.84. The number of carbonyl (C=O) groups is 1. The SMILES string of the molecule is Cc1cc(Br)c(C(=O)N2CC2)cn1. The molecule has 0 atom stereocenters. The lowest BCUT2D eigenvalue weighted by Crippen LogP contribution is -2.11. The van der Waals surface area contributed by atoms with Gasteiger partial charge in [-0.05, 0) is 28.9 Å². The molecule has 1 saturated heterocycles. The van der Waals surface area contributed by atoms with Crippen molar-refractivity contribution in [2.75, 3.05) is 13.1 Å². The van der Waals surface area contributed by atoms with Crippen LogP contribution in [0.2, 0.25) is 0 Å². The van der Waals surface area contributed by atoms with Gasteiger partial charge in [0.15, 0.2) is 0 Å². The van der Waals surface area contributed by atoms with Gasteiger partial charge in [0.05, 0.1) is 5.56 Å². The number of pyridine rings is 1. The number of amides is 1. The molecule has 1 aliphatic rings. The first-order valence-corrected chi connectivity index (χ1v) is 4.89. The third-order valence-corrected chi connectivity index (χ3v) is 2.61. The molecule has 1 fully saturated rings. The van der Waals surface area contributed by atoms with E-state index in [-0.39, 0.29) is 5.91 Å². The smallest absolute Gasteiger partial charge is 0.256 e. The molecule has 0 bridgehead atoms. The molecule has 68 valence electrons. The summed E-state index contributed by atoms with van der Waals surface area (Å²) in [5.74, 6) is 0.0689. The summed E-state index contributed by atoms with van der Waals surface area (Å²) < 4.78 is 0.830. The largest absolute Gasteiger partial charge is 0.335 e. The number of hydrogen-bond donors (Lipinski definition) is 0. The number of aryl methyl sites for hydroxylation is 1. The van der Waals surface area contributed by atoms with Crippen LogP contribution in [-0.4, -0.2) is 28.9 Å². The van der Waals surface area contributed by atoms with Crippen molar-refractivity contribution in [3.63, 3.8) is 0 Å². The Morgan fingerprint density at radius 3 is 2.85 bits per heavy atom. The summed E-state index contributed by atoms with van der Waals surface area (Å²) in [6, 6.07) is 1.86. The summed E-state index contributed by atoms with van der Waals surface area (Å²) in [5, 5.41) is 0. The molecule has 2 rings (SSSR count). The summed E-state index contributed by atoms with van der Waals surface area (Å²) in [6.07, 6.45) is 1.63. The van der Waals surface area contributed by atoms with Crippen molar-refractivity contribution in [3.05, 3.63) is 28.0 Å². The molecule has 1 aliphatic heterocycles. The molecule has 0 aromatic carbocycles. The van der Waals surface area contributed by atoms with Gasteiger partial charge in [0.25, 0.3) is 5.91 Å². The Hall–Kier alpha value is -0.900. The van der Waals surface area contributed by atoms with Crippen molar-refractivity contribution in [2.24, 2.45) is 0 Å². The Bertz CT molecular complexity index is 361. The van der Waals surface area contributed by atoms with Crippen LogP contribution in [0.3, 0.4) is 0 Å².